The Bertz CT molecular complexity index is 782. The topological polar surface area (TPSA) is 52.9 Å². The second kappa shape index (κ2) is 5.87. The SMILES string of the molecule is CC1C(C(=O)NCc2ccc(C#N)cc2)=Cc2ccccc21. The minimum absolute atomic E-state index is 0.0342. The summed E-state index contributed by atoms with van der Waals surface area (Å²) in [5, 5.41) is 11.7. The monoisotopic (exact) mass is 288 g/mol. The van der Waals surface area contributed by atoms with E-state index in [2.05, 4.69) is 24.4 Å². The van der Waals surface area contributed by atoms with Crippen LogP contribution in [0.15, 0.2) is 54.1 Å². The number of carbonyl (C=O) groups is 1. The number of benzene rings is 2. The number of fused-ring (bicyclic) bond motifs is 1. The Morgan fingerprint density at radius 3 is 2.59 bits per heavy atom. The van der Waals surface area contributed by atoms with Gasteiger partial charge >= 0.3 is 0 Å². The minimum Gasteiger partial charge on any atom is -0.348 e. The molecule has 0 aliphatic heterocycles. The van der Waals surface area contributed by atoms with Gasteiger partial charge in [-0.25, -0.2) is 0 Å². The lowest BCUT2D eigenvalue weighted by atomic mass is 9.97. The molecule has 0 spiro atoms. The molecule has 0 radical (unpaired) electrons. The van der Waals surface area contributed by atoms with Crippen molar-refractivity contribution in [2.24, 2.45) is 0 Å². The van der Waals surface area contributed by atoms with Crippen LogP contribution < -0.4 is 5.32 Å². The summed E-state index contributed by atoms with van der Waals surface area (Å²) in [5.41, 5.74) is 4.73. The fourth-order valence-corrected chi connectivity index (χ4v) is 2.74. The highest BCUT2D eigenvalue weighted by Gasteiger charge is 2.25. The Kier molecular flexibility index (Phi) is 3.76. The quantitative estimate of drug-likeness (QED) is 0.941. The summed E-state index contributed by atoms with van der Waals surface area (Å²) in [6, 6.07) is 17.4. The van der Waals surface area contributed by atoms with E-state index in [4.69, 9.17) is 5.26 Å². The number of nitrogens with zero attached hydrogens (tertiary/aromatic N) is 1. The van der Waals surface area contributed by atoms with E-state index in [0.717, 1.165) is 16.7 Å². The molecule has 0 bridgehead atoms. The van der Waals surface area contributed by atoms with Crippen molar-refractivity contribution in [1.29, 1.82) is 5.26 Å². The number of hydrogen-bond donors (Lipinski definition) is 1. The Morgan fingerprint density at radius 2 is 1.91 bits per heavy atom. The van der Waals surface area contributed by atoms with Gasteiger partial charge in [0, 0.05) is 18.0 Å². The molecule has 2 aromatic rings. The average molecular weight is 288 g/mol. The van der Waals surface area contributed by atoms with Crippen LogP contribution in [0.3, 0.4) is 0 Å². The molecule has 3 rings (SSSR count). The first-order valence-corrected chi connectivity index (χ1v) is 7.27. The lowest BCUT2D eigenvalue weighted by Gasteiger charge is -2.11. The summed E-state index contributed by atoms with van der Waals surface area (Å²) in [5.74, 6) is 0.0882. The number of rotatable bonds is 3. The maximum absolute atomic E-state index is 12.4. The third-order valence-corrected chi connectivity index (χ3v) is 4.04. The molecule has 1 unspecified atom stereocenters. The Hall–Kier alpha value is -2.86. The molecule has 0 saturated heterocycles. The standard InChI is InChI=1S/C19H16N2O/c1-13-17-5-3-2-4-16(17)10-18(13)19(22)21-12-15-8-6-14(11-20)7-9-15/h2-10,13H,12H2,1H3,(H,21,22). The highest BCUT2D eigenvalue weighted by Crippen LogP contribution is 2.35. The molecule has 1 aliphatic rings. The van der Waals surface area contributed by atoms with Gasteiger partial charge in [-0.1, -0.05) is 43.3 Å². The summed E-state index contributed by atoms with van der Waals surface area (Å²) >= 11 is 0. The maximum Gasteiger partial charge on any atom is 0.248 e. The molecule has 3 heteroatoms. The largest absolute Gasteiger partial charge is 0.348 e. The van der Waals surface area contributed by atoms with Gasteiger partial charge in [0.1, 0.15) is 0 Å². The fraction of sp³-hybridized carbons (Fsp3) is 0.158. The molecule has 1 amide bonds. The van der Waals surface area contributed by atoms with Crippen LogP contribution in [-0.4, -0.2) is 5.91 Å². The van der Waals surface area contributed by atoms with E-state index in [9.17, 15) is 4.79 Å². The van der Waals surface area contributed by atoms with Crippen LogP contribution in [0.1, 0.15) is 35.1 Å². The maximum atomic E-state index is 12.4. The number of nitriles is 1. The first kappa shape index (κ1) is 14.1. The average Bonchev–Trinajstić information content (AvgIpc) is 2.90. The van der Waals surface area contributed by atoms with E-state index in [1.54, 1.807) is 12.1 Å². The van der Waals surface area contributed by atoms with Crippen molar-refractivity contribution < 1.29 is 4.79 Å². The van der Waals surface area contributed by atoms with Crippen LogP contribution in [0.5, 0.6) is 0 Å². The van der Waals surface area contributed by atoms with Crippen LogP contribution in [0, 0.1) is 11.3 Å². The summed E-state index contributed by atoms with van der Waals surface area (Å²) < 4.78 is 0. The first-order chi connectivity index (χ1) is 10.7. The van der Waals surface area contributed by atoms with Crippen molar-refractivity contribution in [3.8, 4) is 6.07 Å². The second-order valence-corrected chi connectivity index (χ2v) is 5.44. The lowest BCUT2D eigenvalue weighted by Crippen LogP contribution is -2.25. The van der Waals surface area contributed by atoms with E-state index in [1.165, 1.54) is 5.56 Å². The molecule has 1 N–H and O–H groups in total. The first-order valence-electron chi connectivity index (χ1n) is 7.27. The van der Waals surface area contributed by atoms with E-state index in [0.29, 0.717) is 12.1 Å². The zero-order valence-corrected chi connectivity index (χ0v) is 12.3. The van der Waals surface area contributed by atoms with E-state index < -0.39 is 0 Å². The van der Waals surface area contributed by atoms with E-state index in [1.807, 2.05) is 36.4 Å². The summed E-state index contributed by atoms with van der Waals surface area (Å²) in [4.78, 5) is 12.4. The summed E-state index contributed by atoms with van der Waals surface area (Å²) in [7, 11) is 0. The van der Waals surface area contributed by atoms with Gasteiger partial charge in [-0.05, 0) is 34.9 Å². The van der Waals surface area contributed by atoms with Crippen molar-refractivity contribution in [3.63, 3.8) is 0 Å². The van der Waals surface area contributed by atoms with Gasteiger partial charge in [-0.3, -0.25) is 4.79 Å². The smallest absolute Gasteiger partial charge is 0.248 e. The van der Waals surface area contributed by atoms with Gasteiger partial charge in [-0.2, -0.15) is 5.26 Å². The summed E-state index contributed by atoms with van der Waals surface area (Å²) in [6.07, 6.45) is 1.97. The highest BCUT2D eigenvalue weighted by molar-refractivity contribution is 6.01. The molecule has 0 saturated carbocycles. The van der Waals surface area contributed by atoms with Crippen LogP contribution >= 0.6 is 0 Å². The van der Waals surface area contributed by atoms with Gasteiger partial charge in [-0.15, -0.1) is 0 Å². The van der Waals surface area contributed by atoms with Gasteiger partial charge in [0.05, 0.1) is 11.6 Å². The molecule has 1 aliphatic carbocycles. The van der Waals surface area contributed by atoms with Crippen LogP contribution in [0.4, 0.5) is 0 Å². The fourth-order valence-electron chi connectivity index (χ4n) is 2.74. The molecule has 1 atom stereocenters. The van der Waals surface area contributed by atoms with Gasteiger partial charge in [0.25, 0.3) is 0 Å². The van der Waals surface area contributed by atoms with E-state index in [-0.39, 0.29) is 11.8 Å². The Balaban J connectivity index is 1.67. The lowest BCUT2D eigenvalue weighted by molar-refractivity contribution is -0.117. The Labute approximate surface area is 129 Å². The molecule has 0 aromatic heterocycles. The number of amides is 1. The van der Waals surface area contributed by atoms with Crippen molar-refractivity contribution >= 4 is 12.0 Å². The van der Waals surface area contributed by atoms with Crippen molar-refractivity contribution in [3.05, 3.63) is 76.4 Å². The second-order valence-electron chi connectivity index (χ2n) is 5.44. The Morgan fingerprint density at radius 1 is 1.18 bits per heavy atom. The van der Waals surface area contributed by atoms with Gasteiger partial charge in [0.15, 0.2) is 0 Å². The third kappa shape index (κ3) is 2.64. The van der Waals surface area contributed by atoms with Crippen molar-refractivity contribution in [2.75, 3.05) is 0 Å². The zero-order chi connectivity index (χ0) is 15.5. The molecule has 108 valence electrons. The van der Waals surface area contributed by atoms with Gasteiger partial charge in [0.2, 0.25) is 5.91 Å². The van der Waals surface area contributed by atoms with Crippen LogP contribution in [-0.2, 0) is 11.3 Å². The van der Waals surface area contributed by atoms with Crippen molar-refractivity contribution in [2.45, 2.75) is 19.4 Å². The summed E-state index contributed by atoms with van der Waals surface area (Å²) in [6.45, 7) is 2.52. The number of carbonyl (C=O) groups excluding carboxylic acids is 1. The molecule has 0 fully saturated rings. The molecule has 3 nitrogen and oxygen atoms in total. The normalized spacial score (nSPS) is 15.6. The molecular weight excluding hydrogens is 272 g/mol. The number of nitrogens with one attached hydrogen (secondary N) is 1. The molecular formula is C19H16N2O. The van der Waals surface area contributed by atoms with Gasteiger partial charge < -0.3 is 5.32 Å². The third-order valence-electron chi connectivity index (χ3n) is 4.04. The minimum atomic E-state index is -0.0342. The predicted octanol–water partition coefficient (Wildman–Crippen LogP) is 3.38. The van der Waals surface area contributed by atoms with Crippen LogP contribution in [0.25, 0.3) is 6.08 Å². The van der Waals surface area contributed by atoms with Crippen molar-refractivity contribution in [1.82, 2.24) is 5.32 Å². The van der Waals surface area contributed by atoms with Crippen LogP contribution in [0.2, 0.25) is 0 Å². The molecule has 22 heavy (non-hydrogen) atoms. The zero-order valence-electron chi connectivity index (χ0n) is 12.3. The van der Waals surface area contributed by atoms with E-state index >= 15 is 0 Å². The molecule has 0 heterocycles. The molecule has 2 aromatic carbocycles. The highest BCUT2D eigenvalue weighted by atomic mass is 16.1. The predicted molar refractivity (Wildman–Crippen MR) is 85.8 cm³/mol. The number of hydrogen-bond acceptors (Lipinski definition) is 2.